The third-order valence-electron chi connectivity index (χ3n) is 5.35. The van der Waals surface area contributed by atoms with Gasteiger partial charge in [-0.3, -0.25) is 4.79 Å². The van der Waals surface area contributed by atoms with Crippen molar-refractivity contribution < 1.29 is 4.79 Å². The summed E-state index contributed by atoms with van der Waals surface area (Å²) in [6.07, 6.45) is 6.16. The van der Waals surface area contributed by atoms with Gasteiger partial charge >= 0.3 is 0 Å². The van der Waals surface area contributed by atoms with E-state index in [-0.39, 0.29) is 11.8 Å². The van der Waals surface area contributed by atoms with Crippen molar-refractivity contribution >= 4 is 11.6 Å². The number of pyridine rings is 1. The fourth-order valence-corrected chi connectivity index (χ4v) is 3.78. The smallest absolute Gasteiger partial charge is 0.225 e. The minimum atomic E-state index is 0.0867. The van der Waals surface area contributed by atoms with Crippen LogP contribution in [0, 0.1) is 18.8 Å². The Bertz CT molecular complexity index is 736. The van der Waals surface area contributed by atoms with Gasteiger partial charge in [0.15, 0.2) is 0 Å². The highest BCUT2D eigenvalue weighted by molar-refractivity contribution is 5.78. The Kier molecular flexibility index (Phi) is 5.42. The molecule has 3 heterocycles. The maximum Gasteiger partial charge on any atom is 0.225 e. The summed E-state index contributed by atoms with van der Waals surface area (Å²) >= 11 is 0. The number of amides is 1. The molecule has 0 aromatic carbocycles. The van der Waals surface area contributed by atoms with Crippen LogP contribution in [0.2, 0.25) is 0 Å². The first kappa shape index (κ1) is 17.9. The van der Waals surface area contributed by atoms with Crippen LogP contribution >= 0.6 is 0 Å². The van der Waals surface area contributed by atoms with Crippen molar-refractivity contribution in [1.29, 1.82) is 0 Å². The van der Waals surface area contributed by atoms with Crippen LogP contribution in [-0.4, -0.2) is 39.3 Å². The van der Waals surface area contributed by atoms with Gasteiger partial charge in [-0.2, -0.15) is 0 Å². The Balaban J connectivity index is 1.63. The second-order valence-electron chi connectivity index (χ2n) is 7.57. The molecule has 1 fully saturated rings. The molecular formula is C20H30N4O. The normalized spacial score (nSPS) is 21.2. The molecule has 2 aromatic heterocycles. The number of carbonyl (C=O) groups excluding carboxylic acids is 1. The Hall–Kier alpha value is -1.88. The Morgan fingerprint density at radius 2 is 2.24 bits per heavy atom. The topological polar surface area (TPSA) is 49.6 Å². The molecule has 1 saturated heterocycles. The lowest BCUT2D eigenvalue weighted by atomic mass is 9.89. The summed E-state index contributed by atoms with van der Waals surface area (Å²) in [6, 6.07) is 4.68. The van der Waals surface area contributed by atoms with Gasteiger partial charge in [0.25, 0.3) is 0 Å². The van der Waals surface area contributed by atoms with Crippen LogP contribution in [0.3, 0.4) is 0 Å². The zero-order valence-electron chi connectivity index (χ0n) is 15.8. The number of likely N-dealkylation sites (tertiary alicyclic amines) is 1. The average molecular weight is 342 g/mol. The first-order valence-electron chi connectivity index (χ1n) is 9.44. The third kappa shape index (κ3) is 3.87. The SMILES string of the molecule is CC[C@@H]1CN(C(=O)C(C)C)CC[C@@H]1NCc1cnc2cc(C)ccn12. The minimum absolute atomic E-state index is 0.0867. The molecule has 0 unspecified atom stereocenters. The molecule has 25 heavy (non-hydrogen) atoms. The van der Waals surface area contributed by atoms with Gasteiger partial charge in [0.2, 0.25) is 5.91 Å². The number of aryl methyl sites for hydroxylation is 1. The van der Waals surface area contributed by atoms with E-state index >= 15 is 0 Å². The van der Waals surface area contributed by atoms with Crippen LogP contribution in [0.1, 0.15) is 44.9 Å². The van der Waals surface area contributed by atoms with Gasteiger partial charge in [-0.15, -0.1) is 0 Å². The summed E-state index contributed by atoms with van der Waals surface area (Å²) in [7, 11) is 0. The van der Waals surface area contributed by atoms with E-state index in [2.05, 4.69) is 46.9 Å². The van der Waals surface area contributed by atoms with E-state index < -0.39 is 0 Å². The van der Waals surface area contributed by atoms with Gasteiger partial charge in [-0.05, 0) is 37.0 Å². The number of aromatic nitrogens is 2. The number of imidazole rings is 1. The summed E-state index contributed by atoms with van der Waals surface area (Å²) in [5.41, 5.74) is 3.41. The average Bonchev–Trinajstić information content (AvgIpc) is 3.01. The van der Waals surface area contributed by atoms with Crippen LogP contribution in [0.5, 0.6) is 0 Å². The predicted octanol–water partition coefficient (Wildman–Crippen LogP) is 3.02. The van der Waals surface area contributed by atoms with Gasteiger partial charge in [0.1, 0.15) is 5.65 Å². The zero-order valence-corrected chi connectivity index (χ0v) is 15.8. The maximum absolute atomic E-state index is 12.3. The van der Waals surface area contributed by atoms with Crippen LogP contribution in [-0.2, 0) is 11.3 Å². The molecule has 0 aliphatic carbocycles. The lowest BCUT2D eigenvalue weighted by molar-refractivity contribution is -0.136. The summed E-state index contributed by atoms with van der Waals surface area (Å²) in [4.78, 5) is 18.8. The van der Waals surface area contributed by atoms with E-state index in [9.17, 15) is 4.79 Å². The molecule has 5 nitrogen and oxygen atoms in total. The third-order valence-corrected chi connectivity index (χ3v) is 5.35. The second-order valence-corrected chi connectivity index (χ2v) is 7.57. The van der Waals surface area contributed by atoms with Gasteiger partial charge in [-0.25, -0.2) is 4.98 Å². The number of nitrogens with zero attached hydrogens (tertiary/aromatic N) is 3. The molecule has 3 rings (SSSR count). The highest BCUT2D eigenvalue weighted by Gasteiger charge is 2.30. The fourth-order valence-electron chi connectivity index (χ4n) is 3.78. The molecule has 136 valence electrons. The van der Waals surface area contributed by atoms with E-state index in [0.717, 1.165) is 38.1 Å². The molecule has 1 N–H and O–H groups in total. The van der Waals surface area contributed by atoms with Gasteiger partial charge in [-0.1, -0.05) is 27.2 Å². The Morgan fingerprint density at radius 1 is 1.44 bits per heavy atom. The minimum Gasteiger partial charge on any atom is -0.342 e. The number of piperidine rings is 1. The van der Waals surface area contributed by atoms with Gasteiger partial charge < -0.3 is 14.6 Å². The van der Waals surface area contributed by atoms with Crippen molar-refractivity contribution in [1.82, 2.24) is 19.6 Å². The molecule has 2 aromatic rings. The van der Waals surface area contributed by atoms with Crippen molar-refractivity contribution in [3.8, 4) is 0 Å². The monoisotopic (exact) mass is 342 g/mol. The Labute approximate surface area is 150 Å². The van der Waals surface area contributed by atoms with Crippen LogP contribution < -0.4 is 5.32 Å². The van der Waals surface area contributed by atoms with Crippen molar-refractivity contribution in [2.75, 3.05) is 13.1 Å². The molecule has 0 radical (unpaired) electrons. The van der Waals surface area contributed by atoms with E-state index in [4.69, 9.17) is 0 Å². The zero-order chi connectivity index (χ0) is 18.0. The first-order chi connectivity index (χ1) is 12.0. The fraction of sp³-hybridized carbons (Fsp3) is 0.600. The van der Waals surface area contributed by atoms with Gasteiger partial charge in [0.05, 0.1) is 11.9 Å². The lowest BCUT2D eigenvalue weighted by Crippen LogP contribution is -2.51. The molecule has 0 saturated carbocycles. The number of fused-ring (bicyclic) bond motifs is 1. The van der Waals surface area contributed by atoms with Crippen LogP contribution in [0.4, 0.5) is 0 Å². The van der Waals surface area contributed by atoms with E-state index in [1.54, 1.807) is 0 Å². The summed E-state index contributed by atoms with van der Waals surface area (Å²) in [6.45, 7) is 10.8. The van der Waals surface area contributed by atoms with Crippen molar-refractivity contribution in [2.24, 2.45) is 11.8 Å². The number of hydrogen-bond donors (Lipinski definition) is 1. The largest absolute Gasteiger partial charge is 0.342 e. The molecule has 1 aliphatic rings. The molecular weight excluding hydrogens is 312 g/mol. The number of rotatable bonds is 5. The first-order valence-corrected chi connectivity index (χ1v) is 9.44. The maximum atomic E-state index is 12.3. The van der Waals surface area contributed by atoms with E-state index in [1.807, 2.05) is 24.9 Å². The second kappa shape index (κ2) is 7.56. The molecule has 1 amide bonds. The predicted molar refractivity (Wildman–Crippen MR) is 100 cm³/mol. The van der Waals surface area contributed by atoms with Crippen LogP contribution in [0.25, 0.3) is 5.65 Å². The van der Waals surface area contributed by atoms with E-state index in [1.165, 1.54) is 11.3 Å². The number of hydrogen-bond acceptors (Lipinski definition) is 3. The van der Waals surface area contributed by atoms with Crippen molar-refractivity contribution in [2.45, 2.75) is 53.1 Å². The molecule has 5 heteroatoms. The van der Waals surface area contributed by atoms with Crippen molar-refractivity contribution in [3.05, 3.63) is 35.8 Å². The van der Waals surface area contributed by atoms with Crippen LogP contribution in [0.15, 0.2) is 24.5 Å². The van der Waals surface area contributed by atoms with Crippen molar-refractivity contribution in [3.63, 3.8) is 0 Å². The summed E-state index contributed by atoms with van der Waals surface area (Å²) in [5, 5.41) is 3.72. The quantitative estimate of drug-likeness (QED) is 0.909. The highest BCUT2D eigenvalue weighted by Crippen LogP contribution is 2.22. The Morgan fingerprint density at radius 3 is 2.96 bits per heavy atom. The van der Waals surface area contributed by atoms with Gasteiger partial charge in [0, 0.05) is 37.8 Å². The summed E-state index contributed by atoms with van der Waals surface area (Å²) in [5.74, 6) is 0.885. The molecule has 2 atom stereocenters. The number of carbonyl (C=O) groups is 1. The molecule has 0 bridgehead atoms. The number of nitrogens with one attached hydrogen (secondary N) is 1. The standard InChI is InChI=1S/C20H30N4O/c1-5-16-13-23(20(25)14(2)3)8-7-18(16)21-11-17-12-22-19-10-15(4)6-9-24(17)19/h6,9-10,12,14,16,18,21H,5,7-8,11,13H2,1-4H3/t16-,18+/m1/s1. The lowest BCUT2D eigenvalue weighted by Gasteiger charge is -2.39. The van der Waals surface area contributed by atoms with E-state index in [0.29, 0.717) is 12.0 Å². The highest BCUT2D eigenvalue weighted by atomic mass is 16.2. The molecule has 0 spiro atoms. The summed E-state index contributed by atoms with van der Waals surface area (Å²) < 4.78 is 2.15. The molecule has 1 aliphatic heterocycles.